The van der Waals surface area contributed by atoms with Crippen molar-refractivity contribution in [3.8, 4) is 0 Å². The highest BCUT2D eigenvalue weighted by atomic mass is 32.2. The molecule has 0 saturated carbocycles. The van der Waals surface area contributed by atoms with Gasteiger partial charge in [-0.3, -0.25) is 0 Å². The highest BCUT2D eigenvalue weighted by molar-refractivity contribution is 8.06. The number of thioether (sulfide) groups is 2. The first-order valence-corrected chi connectivity index (χ1v) is 7.56. The van der Waals surface area contributed by atoms with Crippen LogP contribution in [0.2, 0.25) is 0 Å². The molecule has 0 unspecified atom stereocenters. The van der Waals surface area contributed by atoms with Crippen LogP contribution < -0.4 is 0 Å². The summed E-state index contributed by atoms with van der Waals surface area (Å²) in [5.74, 6) is 0.394. The third kappa shape index (κ3) is 5.37. The lowest BCUT2D eigenvalue weighted by molar-refractivity contribution is -0.0839. The number of allylic oxidation sites excluding steroid dienone is 3. The first kappa shape index (κ1) is 16.2. The fraction of sp³-hybridized carbons (Fsp3) is 0.286. The summed E-state index contributed by atoms with van der Waals surface area (Å²) in [6.45, 7) is 5.26. The van der Waals surface area contributed by atoms with Gasteiger partial charge in [-0.2, -0.15) is 13.2 Å². The molecule has 0 heterocycles. The molecule has 0 radical (unpaired) electrons. The molecule has 5 heteroatoms. The SMILES string of the molecule is C=CC/C(Sc1ccccc1)=C(\SCC)C(F)(F)F. The maximum Gasteiger partial charge on any atom is 0.423 e. The molecule has 0 spiro atoms. The molecule has 0 aliphatic heterocycles. The number of benzene rings is 1. The van der Waals surface area contributed by atoms with Crippen molar-refractivity contribution < 1.29 is 13.2 Å². The van der Waals surface area contributed by atoms with Gasteiger partial charge in [-0.15, -0.1) is 18.3 Å². The van der Waals surface area contributed by atoms with Crippen LogP contribution in [-0.2, 0) is 0 Å². The average Bonchev–Trinajstić information content (AvgIpc) is 2.35. The van der Waals surface area contributed by atoms with E-state index in [9.17, 15) is 13.2 Å². The Hall–Kier alpha value is -0.810. The van der Waals surface area contributed by atoms with Gasteiger partial charge in [0.15, 0.2) is 0 Å². The van der Waals surface area contributed by atoms with E-state index in [1.807, 2.05) is 18.2 Å². The van der Waals surface area contributed by atoms with Gasteiger partial charge in [-0.1, -0.05) is 43.0 Å². The Morgan fingerprint density at radius 2 is 1.89 bits per heavy atom. The maximum absolute atomic E-state index is 13.1. The Morgan fingerprint density at radius 1 is 1.26 bits per heavy atom. The van der Waals surface area contributed by atoms with Crippen molar-refractivity contribution in [1.82, 2.24) is 0 Å². The minimum Gasteiger partial charge on any atom is -0.166 e. The van der Waals surface area contributed by atoms with Crippen LogP contribution in [0.4, 0.5) is 13.2 Å². The molecule has 104 valence electrons. The highest BCUT2D eigenvalue weighted by Crippen LogP contribution is 2.43. The predicted molar refractivity (Wildman–Crippen MR) is 78.3 cm³/mol. The zero-order chi connectivity index (χ0) is 14.3. The summed E-state index contributed by atoms with van der Waals surface area (Å²) in [6.07, 6.45) is -2.57. The average molecular weight is 304 g/mol. The lowest BCUT2D eigenvalue weighted by atomic mass is 10.3. The first-order chi connectivity index (χ1) is 8.99. The van der Waals surface area contributed by atoms with E-state index < -0.39 is 11.1 Å². The number of hydrogen-bond donors (Lipinski definition) is 0. The van der Waals surface area contributed by atoms with Crippen LogP contribution in [0, 0.1) is 0 Å². The van der Waals surface area contributed by atoms with Gasteiger partial charge in [0.1, 0.15) is 0 Å². The van der Waals surface area contributed by atoms with Gasteiger partial charge in [0, 0.05) is 9.80 Å². The van der Waals surface area contributed by atoms with Crippen LogP contribution in [0.1, 0.15) is 13.3 Å². The van der Waals surface area contributed by atoms with Crippen molar-refractivity contribution >= 4 is 23.5 Å². The molecule has 0 N–H and O–H groups in total. The summed E-state index contributed by atoms with van der Waals surface area (Å²) < 4.78 is 39.2. The number of alkyl halides is 3. The van der Waals surface area contributed by atoms with Gasteiger partial charge in [0.2, 0.25) is 0 Å². The minimum atomic E-state index is -4.30. The van der Waals surface area contributed by atoms with E-state index in [1.165, 1.54) is 6.08 Å². The van der Waals surface area contributed by atoms with Crippen LogP contribution >= 0.6 is 23.5 Å². The highest BCUT2D eigenvalue weighted by Gasteiger charge is 2.36. The molecule has 1 aromatic carbocycles. The molecule has 0 amide bonds. The summed E-state index contributed by atoms with van der Waals surface area (Å²) in [4.78, 5) is 0.599. The van der Waals surface area contributed by atoms with E-state index in [-0.39, 0.29) is 6.42 Å². The van der Waals surface area contributed by atoms with E-state index >= 15 is 0 Å². The molecule has 1 rings (SSSR count). The van der Waals surface area contributed by atoms with Gasteiger partial charge in [-0.25, -0.2) is 0 Å². The summed E-state index contributed by atoms with van der Waals surface area (Å²) in [7, 11) is 0. The molecule has 0 aromatic heterocycles. The monoisotopic (exact) mass is 304 g/mol. The van der Waals surface area contributed by atoms with Gasteiger partial charge in [0.05, 0.1) is 4.91 Å². The number of halogens is 3. The lowest BCUT2D eigenvalue weighted by Crippen LogP contribution is -2.11. The predicted octanol–water partition coefficient (Wildman–Crippen LogP) is 5.88. The Balaban J connectivity index is 3.11. The van der Waals surface area contributed by atoms with Crippen molar-refractivity contribution in [2.45, 2.75) is 24.4 Å². The third-order valence-electron chi connectivity index (χ3n) is 2.11. The fourth-order valence-electron chi connectivity index (χ4n) is 1.41. The molecular formula is C14H15F3S2. The number of rotatable bonds is 6. The van der Waals surface area contributed by atoms with Crippen LogP contribution in [0.15, 0.2) is 57.7 Å². The van der Waals surface area contributed by atoms with E-state index in [1.54, 1.807) is 19.1 Å². The van der Waals surface area contributed by atoms with Gasteiger partial charge < -0.3 is 0 Å². The first-order valence-electron chi connectivity index (χ1n) is 5.76. The molecule has 0 aliphatic carbocycles. The van der Waals surface area contributed by atoms with Crippen molar-refractivity contribution in [1.29, 1.82) is 0 Å². The van der Waals surface area contributed by atoms with E-state index in [0.717, 1.165) is 28.4 Å². The molecular weight excluding hydrogens is 289 g/mol. The number of hydrogen-bond acceptors (Lipinski definition) is 2. The second-order valence-electron chi connectivity index (χ2n) is 3.59. The zero-order valence-electron chi connectivity index (χ0n) is 10.5. The Bertz CT molecular complexity index is 436. The smallest absolute Gasteiger partial charge is 0.166 e. The molecule has 0 aliphatic rings. The molecule has 0 saturated heterocycles. The quantitative estimate of drug-likeness (QED) is 0.475. The fourth-order valence-corrected chi connectivity index (χ4v) is 3.39. The van der Waals surface area contributed by atoms with E-state index in [0.29, 0.717) is 10.7 Å². The summed E-state index contributed by atoms with van der Waals surface area (Å²) in [5, 5.41) is 0. The Kier molecular flexibility index (Phi) is 6.58. The normalized spacial score (nSPS) is 13.1. The van der Waals surface area contributed by atoms with Crippen LogP contribution in [0.25, 0.3) is 0 Å². The Labute approximate surface area is 120 Å². The summed E-state index contributed by atoms with van der Waals surface area (Å²) in [5.41, 5.74) is 0. The second kappa shape index (κ2) is 7.70. The van der Waals surface area contributed by atoms with Crippen molar-refractivity contribution in [2.75, 3.05) is 5.75 Å². The van der Waals surface area contributed by atoms with Crippen LogP contribution in [0.3, 0.4) is 0 Å². The van der Waals surface area contributed by atoms with Crippen molar-refractivity contribution in [2.24, 2.45) is 0 Å². The van der Waals surface area contributed by atoms with E-state index in [2.05, 4.69) is 6.58 Å². The Morgan fingerprint density at radius 3 is 2.37 bits per heavy atom. The molecule has 0 atom stereocenters. The van der Waals surface area contributed by atoms with Crippen molar-refractivity contribution in [3.63, 3.8) is 0 Å². The molecule has 1 aromatic rings. The molecule has 0 bridgehead atoms. The summed E-state index contributed by atoms with van der Waals surface area (Å²) in [6, 6.07) is 9.07. The topological polar surface area (TPSA) is 0 Å². The molecule has 0 fully saturated rings. The standard InChI is InChI=1S/C14H15F3S2/c1-3-8-12(13(18-4-2)14(15,16)17)19-11-9-6-5-7-10-11/h3,5-7,9-10H,1,4,8H2,2H3/b13-12+. The van der Waals surface area contributed by atoms with Gasteiger partial charge in [0.25, 0.3) is 0 Å². The lowest BCUT2D eigenvalue weighted by Gasteiger charge is -2.16. The summed E-state index contributed by atoms with van der Waals surface area (Å²) >= 11 is 1.99. The zero-order valence-corrected chi connectivity index (χ0v) is 12.2. The molecule has 0 nitrogen and oxygen atoms in total. The van der Waals surface area contributed by atoms with Crippen LogP contribution in [-0.4, -0.2) is 11.9 Å². The van der Waals surface area contributed by atoms with Crippen LogP contribution in [0.5, 0.6) is 0 Å². The maximum atomic E-state index is 13.1. The van der Waals surface area contributed by atoms with E-state index in [4.69, 9.17) is 0 Å². The minimum absolute atomic E-state index is 0.224. The van der Waals surface area contributed by atoms with Crippen molar-refractivity contribution in [3.05, 3.63) is 52.8 Å². The second-order valence-corrected chi connectivity index (χ2v) is 6.03. The molecule has 19 heavy (non-hydrogen) atoms. The van der Waals surface area contributed by atoms with Gasteiger partial charge in [-0.05, 0) is 24.3 Å². The third-order valence-corrected chi connectivity index (χ3v) is 4.42. The van der Waals surface area contributed by atoms with Gasteiger partial charge >= 0.3 is 6.18 Å². The largest absolute Gasteiger partial charge is 0.423 e.